The summed E-state index contributed by atoms with van der Waals surface area (Å²) in [7, 11) is -3.25. The van der Waals surface area contributed by atoms with Crippen LogP contribution in [0.4, 0.5) is 0 Å². The smallest absolute Gasteiger partial charge is 0.264 e. The molecule has 1 fully saturated rings. The number of hydrogen-bond acceptors (Lipinski definition) is 4. The van der Waals surface area contributed by atoms with Gasteiger partial charge in [-0.05, 0) is 18.1 Å². The minimum atomic E-state index is -3.25. The van der Waals surface area contributed by atoms with E-state index in [9.17, 15) is 8.42 Å². The van der Waals surface area contributed by atoms with Crippen LogP contribution in [0.3, 0.4) is 0 Å². The fourth-order valence-corrected chi connectivity index (χ4v) is 3.41. The topological polar surface area (TPSA) is 43.4 Å². The van der Waals surface area contributed by atoms with Crippen LogP contribution in [0.2, 0.25) is 0 Å². The third kappa shape index (κ3) is 4.33. The first kappa shape index (κ1) is 11.3. The average molecular weight is 224 g/mol. The highest BCUT2D eigenvalue weighted by Crippen LogP contribution is 2.36. The summed E-state index contributed by atoms with van der Waals surface area (Å²) < 4.78 is 26.3. The van der Waals surface area contributed by atoms with Gasteiger partial charge >= 0.3 is 0 Å². The van der Waals surface area contributed by atoms with Gasteiger partial charge in [0.2, 0.25) is 0 Å². The zero-order valence-electron chi connectivity index (χ0n) is 8.19. The van der Waals surface area contributed by atoms with E-state index in [4.69, 9.17) is 4.18 Å². The first-order chi connectivity index (χ1) is 5.87. The van der Waals surface area contributed by atoms with Crippen molar-refractivity contribution < 1.29 is 12.6 Å². The van der Waals surface area contributed by atoms with Crippen molar-refractivity contribution in [3.05, 3.63) is 0 Å². The summed E-state index contributed by atoms with van der Waals surface area (Å²) in [4.78, 5) is 0. The van der Waals surface area contributed by atoms with Crippen molar-refractivity contribution >= 4 is 21.9 Å². The normalized spacial score (nSPS) is 28.9. The van der Waals surface area contributed by atoms with E-state index in [-0.39, 0.29) is 6.10 Å². The SMILES string of the molecule is CC(C)SC1CC(OS(C)(=O)=O)C1. The second-order valence-electron chi connectivity index (χ2n) is 3.70. The van der Waals surface area contributed by atoms with Gasteiger partial charge in [0, 0.05) is 5.25 Å². The van der Waals surface area contributed by atoms with Crippen LogP contribution in [0.1, 0.15) is 26.7 Å². The molecule has 0 saturated heterocycles. The third-order valence-corrected chi connectivity index (χ3v) is 3.76. The van der Waals surface area contributed by atoms with Gasteiger partial charge in [0.25, 0.3) is 10.1 Å². The molecule has 1 aliphatic rings. The largest absolute Gasteiger partial charge is 0.267 e. The van der Waals surface area contributed by atoms with Crippen LogP contribution in [0, 0.1) is 0 Å². The Balaban J connectivity index is 2.19. The van der Waals surface area contributed by atoms with Gasteiger partial charge < -0.3 is 0 Å². The zero-order valence-corrected chi connectivity index (χ0v) is 9.82. The molecular weight excluding hydrogens is 208 g/mol. The lowest BCUT2D eigenvalue weighted by molar-refractivity contribution is 0.135. The molecule has 0 unspecified atom stereocenters. The lowest BCUT2D eigenvalue weighted by Crippen LogP contribution is -2.35. The van der Waals surface area contributed by atoms with Gasteiger partial charge in [0.1, 0.15) is 0 Å². The molecular formula is C8H16O3S2. The van der Waals surface area contributed by atoms with Crippen molar-refractivity contribution in [3.63, 3.8) is 0 Å². The van der Waals surface area contributed by atoms with Crippen molar-refractivity contribution in [2.45, 2.75) is 43.3 Å². The second-order valence-corrected chi connectivity index (χ2v) is 7.18. The summed E-state index contributed by atoms with van der Waals surface area (Å²) in [5.41, 5.74) is 0. The summed E-state index contributed by atoms with van der Waals surface area (Å²) in [6, 6.07) is 0. The molecule has 0 aromatic rings. The van der Waals surface area contributed by atoms with Gasteiger partial charge in [0.05, 0.1) is 12.4 Å². The van der Waals surface area contributed by atoms with Gasteiger partial charge in [-0.3, -0.25) is 4.18 Å². The Morgan fingerprint density at radius 1 is 1.38 bits per heavy atom. The van der Waals surface area contributed by atoms with Crippen LogP contribution >= 0.6 is 11.8 Å². The minimum absolute atomic E-state index is 0.0637. The maximum absolute atomic E-state index is 10.7. The van der Waals surface area contributed by atoms with Gasteiger partial charge in [0.15, 0.2) is 0 Å². The van der Waals surface area contributed by atoms with Gasteiger partial charge in [-0.15, -0.1) is 0 Å². The maximum atomic E-state index is 10.7. The van der Waals surface area contributed by atoms with Crippen LogP contribution in [0.5, 0.6) is 0 Å². The average Bonchev–Trinajstić information content (AvgIpc) is 1.78. The molecule has 0 radical (unpaired) electrons. The molecule has 0 spiro atoms. The first-order valence-corrected chi connectivity index (χ1v) is 7.16. The lowest BCUT2D eigenvalue weighted by Gasteiger charge is -2.34. The summed E-state index contributed by atoms with van der Waals surface area (Å²) in [5.74, 6) is 0. The van der Waals surface area contributed by atoms with Crippen molar-refractivity contribution in [2.75, 3.05) is 6.26 Å². The number of rotatable bonds is 4. The molecule has 0 aliphatic heterocycles. The van der Waals surface area contributed by atoms with E-state index < -0.39 is 10.1 Å². The van der Waals surface area contributed by atoms with Crippen LogP contribution in [0.25, 0.3) is 0 Å². The van der Waals surface area contributed by atoms with Crippen LogP contribution in [-0.4, -0.2) is 31.3 Å². The molecule has 0 atom stereocenters. The molecule has 0 heterocycles. The Labute approximate surface area is 84.4 Å². The molecule has 0 amide bonds. The summed E-state index contributed by atoms with van der Waals surface area (Å²) >= 11 is 1.90. The Morgan fingerprint density at radius 3 is 2.31 bits per heavy atom. The number of hydrogen-bond donors (Lipinski definition) is 0. The summed E-state index contributed by atoms with van der Waals surface area (Å²) in [5, 5.41) is 1.20. The highest BCUT2D eigenvalue weighted by atomic mass is 32.2. The van der Waals surface area contributed by atoms with Crippen LogP contribution in [-0.2, 0) is 14.3 Å². The maximum Gasteiger partial charge on any atom is 0.264 e. The molecule has 0 aromatic carbocycles. The first-order valence-electron chi connectivity index (χ1n) is 4.40. The Hall–Kier alpha value is 0.260. The molecule has 0 bridgehead atoms. The number of thioether (sulfide) groups is 1. The monoisotopic (exact) mass is 224 g/mol. The molecule has 1 rings (SSSR count). The van der Waals surface area contributed by atoms with E-state index in [0.717, 1.165) is 19.1 Å². The molecule has 5 heteroatoms. The fraction of sp³-hybridized carbons (Fsp3) is 1.00. The molecule has 0 N–H and O–H groups in total. The molecule has 13 heavy (non-hydrogen) atoms. The van der Waals surface area contributed by atoms with E-state index >= 15 is 0 Å². The highest BCUT2D eigenvalue weighted by molar-refractivity contribution is 8.00. The Morgan fingerprint density at radius 2 is 1.92 bits per heavy atom. The van der Waals surface area contributed by atoms with E-state index in [1.165, 1.54) is 0 Å². The van der Waals surface area contributed by atoms with E-state index in [2.05, 4.69) is 13.8 Å². The minimum Gasteiger partial charge on any atom is -0.267 e. The van der Waals surface area contributed by atoms with Crippen LogP contribution < -0.4 is 0 Å². The van der Waals surface area contributed by atoms with Crippen molar-refractivity contribution in [1.82, 2.24) is 0 Å². The van der Waals surface area contributed by atoms with E-state index in [1.807, 2.05) is 11.8 Å². The molecule has 0 aromatic heterocycles. The highest BCUT2D eigenvalue weighted by Gasteiger charge is 2.33. The standard InChI is InChI=1S/C8H16O3S2/c1-6(2)12-8-4-7(5-8)11-13(3,9)10/h6-8H,4-5H2,1-3H3. The summed E-state index contributed by atoms with van der Waals surface area (Å²) in [6.45, 7) is 4.30. The van der Waals surface area contributed by atoms with Gasteiger partial charge in [-0.25, -0.2) is 0 Å². The zero-order chi connectivity index (χ0) is 10.1. The predicted octanol–water partition coefficient (Wildman–Crippen LogP) is 1.64. The third-order valence-electron chi connectivity index (χ3n) is 1.83. The van der Waals surface area contributed by atoms with Crippen molar-refractivity contribution in [2.24, 2.45) is 0 Å². The van der Waals surface area contributed by atoms with Gasteiger partial charge in [-0.2, -0.15) is 20.2 Å². The van der Waals surface area contributed by atoms with E-state index in [1.54, 1.807) is 0 Å². The van der Waals surface area contributed by atoms with Crippen molar-refractivity contribution in [3.8, 4) is 0 Å². The Kier molecular flexibility index (Phi) is 3.65. The fourth-order valence-electron chi connectivity index (χ4n) is 1.34. The van der Waals surface area contributed by atoms with E-state index in [0.29, 0.717) is 10.5 Å². The quantitative estimate of drug-likeness (QED) is 0.681. The van der Waals surface area contributed by atoms with Crippen LogP contribution in [0.15, 0.2) is 0 Å². The second kappa shape index (κ2) is 4.19. The molecule has 78 valence electrons. The lowest BCUT2D eigenvalue weighted by atomic mass is 9.96. The predicted molar refractivity (Wildman–Crippen MR) is 55.5 cm³/mol. The summed E-state index contributed by atoms with van der Waals surface area (Å²) in [6.07, 6.45) is 2.79. The molecule has 1 aliphatic carbocycles. The Bertz CT molecular complexity index is 253. The molecule has 3 nitrogen and oxygen atoms in total. The van der Waals surface area contributed by atoms with Crippen molar-refractivity contribution in [1.29, 1.82) is 0 Å². The molecule has 1 saturated carbocycles. The van der Waals surface area contributed by atoms with Gasteiger partial charge in [-0.1, -0.05) is 13.8 Å².